The first-order chi connectivity index (χ1) is 12.7. The zero-order chi connectivity index (χ0) is 19.4. The molecular formula is C24H35NO2. The van der Waals surface area contributed by atoms with Crippen molar-refractivity contribution in [3.63, 3.8) is 0 Å². The third-order valence-electron chi connectivity index (χ3n) is 7.59. The molecule has 0 aliphatic heterocycles. The molecule has 0 saturated heterocycles. The fourth-order valence-corrected chi connectivity index (χ4v) is 6.38. The molecule has 0 aromatic heterocycles. The topological polar surface area (TPSA) is 49.3 Å². The number of carbonyl (C=O) groups excluding carboxylic acids is 1. The van der Waals surface area contributed by atoms with E-state index in [1.54, 1.807) is 0 Å². The summed E-state index contributed by atoms with van der Waals surface area (Å²) in [5.74, 6) is 2.44. The van der Waals surface area contributed by atoms with Crippen molar-refractivity contribution in [2.75, 3.05) is 5.32 Å². The average molecular weight is 370 g/mol. The summed E-state index contributed by atoms with van der Waals surface area (Å²) in [6.07, 6.45) is 9.53. The number of phenolic OH excluding ortho intramolecular Hbond substituents is 1. The van der Waals surface area contributed by atoms with Crippen LogP contribution in [-0.4, -0.2) is 11.0 Å². The molecule has 0 unspecified atom stereocenters. The molecule has 0 radical (unpaired) electrons. The Morgan fingerprint density at radius 2 is 2.00 bits per heavy atom. The lowest BCUT2D eigenvalue weighted by Crippen LogP contribution is -2.39. The highest BCUT2D eigenvalue weighted by Crippen LogP contribution is 2.61. The maximum atomic E-state index is 12.4. The minimum Gasteiger partial charge on any atom is -0.506 e. The predicted octanol–water partition coefficient (Wildman–Crippen LogP) is 6.01. The first-order valence-electron chi connectivity index (χ1n) is 10.8. The molecule has 148 valence electrons. The standard InChI is InChI=1S/C24H35NO2/c1-23(2,3)14-22(27)25-20-13-18-15(12-21(20)26)7-8-17-16(18)9-11-24(4)10-5-6-19(17)24/h12-13,16-17,19,26H,5-11,14H2,1-4H3,(H,25,27)/t16-,17+,19-,24-/m0/s1. The second-order valence-corrected chi connectivity index (χ2v) is 10.9. The van der Waals surface area contributed by atoms with Crippen molar-refractivity contribution in [3.8, 4) is 5.75 Å². The molecule has 0 heterocycles. The van der Waals surface area contributed by atoms with E-state index in [1.165, 1.54) is 49.7 Å². The third kappa shape index (κ3) is 3.50. The third-order valence-corrected chi connectivity index (χ3v) is 7.59. The van der Waals surface area contributed by atoms with Crippen molar-refractivity contribution in [2.45, 2.75) is 85.0 Å². The van der Waals surface area contributed by atoms with Gasteiger partial charge in [-0.25, -0.2) is 0 Å². The number of phenols is 1. The van der Waals surface area contributed by atoms with E-state index in [-0.39, 0.29) is 17.1 Å². The Bertz CT molecular complexity index is 747. The molecule has 1 aromatic rings. The van der Waals surface area contributed by atoms with Gasteiger partial charge >= 0.3 is 0 Å². The van der Waals surface area contributed by atoms with Crippen molar-refractivity contribution in [2.24, 2.45) is 22.7 Å². The Balaban J connectivity index is 1.60. The number of aryl methyl sites for hydroxylation is 1. The fourth-order valence-electron chi connectivity index (χ4n) is 6.38. The van der Waals surface area contributed by atoms with E-state index < -0.39 is 0 Å². The summed E-state index contributed by atoms with van der Waals surface area (Å²) >= 11 is 0. The van der Waals surface area contributed by atoms with E-state index >= 15 is 0 Å². The number of aromatic hydroxyl groups is 1. The number of fused-ring (bicyclic) bond motifs is 5. The molecule has 1 amide bonds. The van der Waals surface area contributed by atoms with Crippen molar-refractivity contribution < 1.29 is 9.90 Å². The maximum Gasteiger partial charge on any atom is 0.224 e. The van der Waals surface area contributed by atoms with Crippen LogP contribution < -0.4 is 5.32 Å². The van der Waals surface area contributed by atoms with E-state index in [4.69, 9.17) is 0 Å². The van der Waals surface area contributed by atoms with Crippen LogP contribution >= 0.6 is 0 Å². The van der Waals surface area contributed by atoms with Gasteiger partial charge in [0.05, 0.1) is 5.69 Å². The van der Waals surface area contributed by atoms with Gasteiger partial charge in [0.1, 0.15) is 5.75 Å². The number of nitrogens with one attached hydrogen (secondary N) is 1. The first kappa shape index (κ1) is 18.8. The van der Waals surface area contributed by atoms with E-state index in [1.807, 2.05) is 6.07 Å². The number of hydrogen-bond acceptors (Lipinski definition) is 2. The molecule has 0 bridgehead atoms. The van der Waals surface area contributed by atoms with Gasteiger partial charge in [0.25, 0.3) is 0 Å². The van der Waals surface area contributed by atoms with Crippen LogP contribution in [0.25, 0.3) is 0 Å². The fraction of sp³-hybridized carbons (Fsp3) is 0.708. The molecule has 2 saturated carbocycles. The monoisotopic (exact) mass is 369 g/mol. The summed E-state index contributed by atoms with van der Waals surface area (Å²) in [4.78, 5) is 12.4. The summed E-state index contributed by atoms with van der Waals surface area (Å²) in [6, 6.07) is 4.01. The van der Waals surface area contributed by atoms with Gasteiger partial charge < -0.3 is 10.4 Å². The minimum absolute atomic E-state index is 0.0166. The van der Waals surface area contributed by atoms with Gasteiger partial charge in [-0.2, -0.15) is 0 Å². The molecule has 3 aliphatic rings. The number of rotatable bonds is 2. The SMILES string of the molecule is CC(C)(C)CC(=O)Nc1cc2c(cc1O)CC[C@@H]1[C@@H]2CC[C@]2(C)CCC[C@@H]12. The highest BCUT2D eigenvalue weighted by Gasteiger charge is 2.50. The van der Waals surface area contributed by atoms with Gasteiger partial charge in [-0.3, -0.25) is 4.79 Å². The van der Waals surface area contributed by atoms with Crippen LogP contribution in [0.1, 0.15) is 89.7 Å². The van der Waals surface area contributed by atoms with Crippen LogP contribution in [0.4, 0.5) is 5.69 Å². The smallest absolute Gasteiger partial charge is 0.224 e. The van der Waals surface area contributed by atoms with Gasteiger partial charge in [0, 0.05) is 6.42 Å². The summed E-state index contributed by atoms with van der Waals surface area (Å²) < 4.78 is 0. The molecular weight excluding hydrogens is 334 g/mol. The minimum atomic E-state index is -0.0602. The zero-order valence-corrected chi connectivity index (χ0v) is 17.4. The molecule has 0 spiro atoms. The lowest BCUT2D eigenvalue weighted by atomic mass is 9.56. The number of hydrogen-bond donors (Lipinski definition) is 2. The van der Waals surface area contributed by atoms with E-state index in [0.717, 1.165) is 18.3 Å². The van der Waals surface area contributed by atoms with Crippen LogP contribution in [0.15, 0.2) is 12.1 Å². The van der Waals surface area contributed by atoms with Crippen molar-refractivity contribution in [3.05, 3.63) is 23.3 Å². The van der Waals surface area contributed by atoms with Crippen LogP contribution in [0.5, 0.6) is 5.75 Å². The molecule has 4 rings (SSSR count). The zero-order valence-electron chi connectivity index (χ0n) is 17.4. The Morgan fingerprint density at radius 1 is 1.22 bits per heavy atom. The summed E-state index contributed by atoms with van der Waals surface area (Å²) in [6.45, 7) is 8.70. The number of amides is 1. The first-order valence-corrected chi connectivity index (χ1v) is 10.8. The Labute approximate surface area is 163 Å². The predicted molar refractivity (Wildman–Crippen MR) is 110 cm³/mol. The molecule has 27 heavy (non-hydrogen) atoms. The van der Waals surface area contributed by atoms with Gasteiger partial charge in [-0.1, -0.05) is 34.1 Å². The highest BCUT2D eigenvalue weighted by molar-refractivity contribution is 5.92. The largest absolute Gasteiger partial charge is 0.506 e. The highest BCUT2D eigenvalue weighted by atomic mass is 16.3. The van der Waals surface area contributed by atoms with Crippen LogP contribution in [-0.2, 0) is 11.2 Å². The van der Waals surface area contributed by atoms with Gasteiger partial charge in [0.15, 0.2) is 0 Å². The average Bonchev–Trinajstić information content (AvgIpc) is 2.95. The summed E-state index contributed by atoms with van der Waals surface area (Å²) in [5.41, 5.74) is 3.78. The lowest BCUT2D eigenvalue weighted by molar-refractivity contribution is -0.117. The quantitative estimate of drug-likeness (QED) is 0.627. The molecule has 2 N–H and O–H groups in total. The van der Waals surface area contributed by atoms with Crippen molar-refractivity contribution in [1.82, 2.24) is 0 Å². The maximum absolute atomic E-state index is 12.4. The van der Waals surface area contributed by atoms with Crippen molar-refractivity contribution in [1.29, 1.82) is 0 Å². The van der Waals surface area contributed by atoms with Gasteiger partial charge in [-0.05, 0) is 90.4 Å². The Morgan fingerprint density at radius 3 is 2.74 bits per heavy atom. The molecule has 2 fully saturated rings. The van der Waals surface area contributed by atoms with Gasteiger partial charge in [-0.15, -0.1) is 0 Å². The second kappa shape index (κ2) is 6.53. The molecule has 3 heteroatoms. The van der Waals surface area contributed by atoms with E-state index in [0.29, 0.717) is 23.4 Å². The number of carbonyl (C=O) groups is 1. The second-order valence-electron chi connectivity index (χ2n) is 10.9. The van der Waals surface area contributed by atoms with Crippen molar-refractivity contribution >= 4 is 11.6 Å². The molecule has 3 nitrogen and oxygen atoms in total. The normalized spacial score (nSPS) is 32.4. The lowest BCUT2D eigenvalue weighted by Gasteiger charge is -2.49. The Hall–Kier alpha value is -1.51. The molecule has 3 aliphatic carbocycles. The number of anilines is 1. The molecule has 1 aromatic carbocycles. The van der Waals surface area contributed by atoms with E-state index in [2.05, 4.69) is 39.1 Å². The Kier molecular flexibility index (Phi) is 4.56. The van der Waals surface area contributed by atoms with Crippen LogP contribution in [0.2, 0.25) is 0 Å². The van der Waals surface area contributed by atoms with Crippen LogP contribution in [0, 0.1) is 22.7 Å². The van der Waals surface area contributed by atoms with E-state index in [9.17, 15) is 9.90 Å². The number of benzene rings is 1. The van der Waals surface area contributed by atoms with Gasteiger partial charge in [0.2, 0.25) is 5.91 Å². The summed E-state index contributed by atoms with van der Waals surface area (Å²) in [7, 11) is 0. The van der Waals surface area contributed by atoms with Crippen LogP contribution in [0.3, 0.4) is 0 Å². The molecule has 4 atom stereocenters. The summed E-state index contributed by atoms with van der Waals surface area (Å²) in [5, 5.41) is 13.5.